The van der Waals surface area contributed by atoms with Crippen molar-refractivity contribution in [2.75, 3.05) is 11.9 Å². The molecule has 0 radical (unpaired) electrons. The van der Waals surface area contributed by atoms with Crippen LogP contribution in [0.4, 0.5) is 13.9 Å². The van der Waals surface area contributed by atoms with Gasteiger partial charge in [0.2, 0.25) is 5.91 Å². The molecule has 0 bridgehead atoms. The van der Waals surface area contributed by atoms with Crippen LogP contribution in [0, 0.1) is 18.6 Å². The van der Waals surface area contributed by atoms with Crippen molar-refractivity contribution in [3.05, 3.63) is 46.5 Å². The Bertz CT molecular complexity index is 703. The van der Waals surface area contributed by atoms with E-state index in [2.05, 4.69) is 15.6 Å². The molecule has 0 aliphatic rings. The van der Waals surface area contributed by atoms with E-state index in [1.165, 1.54) is 11.3 Å². The summed E-state index contributed by atoms with van der Waals surface area (Å²) in [6, 6.07) is 2.68. The molecule has 1 aromatic heterocycles. The van der Waals surface area contributed by atoms with Crippen molar-refractivity contribution < 1.29 is 18.4 Å². The Morgan fingerprint density at radius 1 is 1.32 bits per heavy atom. The van der Waals surface area contributed by atoms with Crippen molar-refractivity contribution in [2.45, 2.75) is 13.3 Å². The average Bonchev–Trinajstić information content (AvgIpc) is 2.83. The molecule has 22 heavy (non-hydrogen) atoms. The molecule has 2 rings (SSSR count). The highest BCUT2D eigenvalue weighted by Gasteiger charge is 2.12. The fourth-order valence-corrected chi connectivity index (χ4v) is 2.33. The second-order valence-electron chi connectivity index (χ2n) is 4.45. The lowest BCUT2D eigenvalue weighted by molar-refractivity contribution is -0.116. The fraction of sp³-hybridized carbons (Fsp3) is 0.214. The maximum atomic E-state index is 13.4. The Morgan fingerprint density at radius 3 is 2.73 bits per heavy atom. The van der Waals surface area contributed by atoms with Crippen LogP contribution >= 0.6 is 11.3 Å². The van der Waals surface area contributed by atoms with E-state index in [9.17, 15) is 18.4 Å². The lowest BCUT2D eigenvalue weighted by Crippen LogP contribution is -2.28. The number of carbonyl (C=O) groups excluding carboxylic acids is 2. The van der Waals surface area contributed by atoms with Crippen LogP contribution in [0.5, 0.6) is 0 Å². The van der Waals surface area contributed by atoms with Crippen molar-refractivity contribution in [1.82, 2.24) is 10.3 Å². The SMILES string of the molecule is Cc1cnc(NC(=O)CCNC(=O)c2ccc(F)cc2F)s1. The van der Waals surface area contributed by atoms with E-state index in [1.807, 2.05) is 6.92 Å². The number of thiazole rings is 1. The molecule has 0 saturated carbocycles. The number of benzene rings is 1. The van der Waals surface area contributed by atoms with E-state index in [0.717, 1.165) is 17.0 Å². The first-order valence-electron chi connectivity index (χ1n) is 6.41. The first-order chi connectivity index (χ1) is 10.5. The van der Waals surface area contributed by atoms with Gasteiger partial charge in [-0.1, -0.05) is 0 Å². The monoisotopic (exact) mass is 325 g/mol. The summed E-state index contributed by atoms with van der Waals surface area (Å²) < 4.78 is 26.1. The highest BCUT2D eigenvalue weighted by atomic mass is 32.1. The molecule has 2 aromatic rings. The predicted octanol–water partition coefficient (Wildman–Crippen LogP) is 2.49. The third-order valence-corrected chi connectivity index (χ3v) is 3.51. The summed E-state index contributed by atoms with van der Waals surface area (Å²) in [5.74, 6) is -2.71. The highest BCUT2D eigenvalue weighted by Crippen LogP contribution is 2.16. The minimum atomic E-state index is -0.944. The number of rotatable bonds is 5. The quantitative estimate of drug-likeness (QED) is 0.887. The molecule has 0 atom stereocenters. The van der Waals surface area contributed by atoms with Gasteiger partial charge in [0.05, 0.1) is 5.56 Å². The predicted molar refractivity (Wildman–Crippen MR) is 78.8 cm³/mol. The van der Waals surface area contributed by atoms with E-state index < -0.39 is 17.5 Å². The molecule has 0 aliphatic heterocycles. The lowest BCUT2D eigenvalue weighted by atomic mass is 10.2. The number of nitrogens with one attached hydrogen (secondary N) is 2. The summed E-state index contributed by atoms with van der Waals surface area (Å²) in [7, 11) is 0. The normalized spacial score (nSPS) is 10.3. The largest absolute Gasteiger partial charge is 0.351 e. The Balaban J connectivity index is 1.80. The Morgan fingerprint density at radius 2 is 2.09 bits per heavy atom. The van der Waals surface area contributed by atoms with Crippen LogP contribution in [-0.2, 0) is 4.79 Å². The van der Waals surface area contributed by atoms with Crippen LogP contribution < -0.4 is 10.6 Å². The molecule has 2 N–H and O–H groups in total. The molecule has 1 aromatic carbocycles. The number of carbonyl (C=O) groups is 2. The number of halogens is 2. The molecular formula is C14H13F2N3O2S. The summed E-state index contributed by atoms with van der Waals surface area (Å²) in [6.45, 7) is 1.90. The number of amides is 2. The lowest BCUT2D eigenvalue weighted by Gasteiger charge is -2.06. The number of hydrogen-bond acceptors (Lipinski definition) is 4. The molecule has 1 heterocycles. The van der Waals surface area contributed by atoms with E-state index in [0.29, 0.717) is 11.2 Å². The van der Waals surface area contributed by atoms with Crippen molar-refractivity contribution in [2.24, 2.45) is 0 Å². The van der Waals surface area contributed by atoms with Crippen LogP contribution in [0.15, 0.2) is 24.4 Å². The molecule has 0 spiro atoms. The summed E-state index contributed by atoms with van der Waals surface area (Å²) in [6.07, 6.45) is 1.66. The minimum absolute atomic E-state index is 0.0210. The van der Waals surface area contributed by atoms with Gasteiger partial charge in [0.1, 0.15) is 11.6 Å². The van der Waals surface area contributed by atoms with Crippen LogP contribution in [0.3, 0.4) is 0 Å². The number of hydrogen-bond donors (Lipinski definition) is 2. The van der Waals surface area contributed by atoms with Gasteiger partial charge >= 0.3 is 0 Å². The van der Waals surface area contributed by atoms with Crippen LogP contribution in [-0.4, -0.2) is 23.3 Å². The second-order valence-corrected chi connectivity index (χ2v) is 5.69. The van der Waals surface area contributed by atoms with Crippen LogP contribution in [0.1, 0.15) is 21.7 Å². The van der Waals surface area contributed by atoms with Gasteiger partial charge in [-0.3, -0.25) is 9.59 Å². The molecule has 2 amide bonds. The zero-order valence-electron chi connectivity index (χ0n) is 11.7. The summed E-state index contributed by atoms with van der Waals surface area (Å²) in [5.41, 5.74) is -0.266. The number of anilines is 1. The summed E-state index contributed by atoms with van der Waals surface area (Å²) in [4.78, 5) is 28.3. The van der Waals surface area contributed by atoms with Gasteiger partial charge in [-0.05, 0) is 19.1 Å². The Labute approximate surface area is 129 Å². The molecule has 0 aliphatic carbocycles. The molecule has 0 fully saturated rings. The maximum Gasteiger partial charge on any atom is 0.254 e. The number of nitrogens with zero attached hydrogens (tertiary/aromatic N) is 1. The minimum Gasteiger partial charge on any atom is -0.351 e. The van der Waals surface area contributed by atoms with E-state index in [-0.39, 0.29) is 24.4 Å². The maximum absolute atomic E-state index is 13.4. The Kier molecular flexibility index (Phi) is 5.16. The molecule has 8 heteroatoms. The van der Waals surface area contributed by atoms with Crippen molar-refractivity contribution in [1.29, 1.82) is 0 Å². The van der Waals surface area contributed by atoms with E-state index in [1.54, 1.807) is 6.20 Å². The first kappa shape index (κ1) is 16.0. The first-order valence-corrected chi connectivity index (χ1v) is 7.23. The zero-order valence-corrected chi connectivity index (χ0v) is 12.5. The Hall–Kier alpha value is -2.35. The van der Waals surface area contributed by atoms with Crippen LogP contribution in [0.2, 0.25) is 0 Å². The zero-order chi connectivity index (χ0) is 16.1. The second kappa shape index (κ2) is 7.08. The van der Waals surface area contributed by atoms with Gasteiger partial charge in [0.25, 0.3) is 5.91 Å². The van der Waals surface area contributed by atoms with Gasteiger partial charge in [-0.25, -0.2) is 13.8 Å². The summed E-state index contributed by atoms with van der Waals surface area (Å²) in [5, 5.41) is 5.48. The van der Waals surface area contributed by atoms with Crippen molar-refractivity contribution in [3.63, 3.8) is 0 Å². The van der Waals surface area contributed by atoms with Gasteiger partial charge in [0, 0.05) is 30.1 Å². The smallest absolute Gasteiger partial charge is 0.254 e. The summed E-state index contributed by atoms with van der Waals surface area (Å²) >= 11 is 1.34. The third-order valence-electron chi connectivity index (χ3n) is 2.68. The van der Waals surface area contributed by atoms with Gasteiger partial charge < -0.3 is 10.6 Å². The highest BCUT2D eigenvalue weighted by molar-refractivity contribution is 7.15. The molecule has 0 unspecified atom stereocenters. The van der Waals surface area contributed by atoms with Crippen molar-refractivity contribution in [3.8, 4) is 0 Å². The molecule has 5 nitrogen and oxygen atoms in total. The topological polar surface area (TPSA) is 71.1 Å². The third kappa shape index (κ3) is 4.32. The number of aromatic nitrogens is 1. The van der Waals surface area contributed by atoms with Crippen LogP contribution in [0.25, 0.3) is 0 Å². The van der Waals surface area contributed by atoms with Gasteiger partial charge in [-0.15, -0.1) is 11.3 Å². The fourth-order valence-electron chi connectivity index (χ4n) is 1.65. The average molecular weight is 325 g/mol. The molecule has 0 saturated heterocycles. The van der Waals surface area contributed by atoms with Gasteiger partial charge in [-0.2, -0.15) is 0 Å². The number of aryl methyl sites for hydroxylation is 1. The van der Waals surface area contributed by atoms with E-state index >= 15 is 0 Å². The standard InChI is InChI=1S/C14H13F2N3O2S/c1-8-7-18-14(22-8)19-12(20)4-5-17-13(21)10-3-2-9(15)6-11(10)16/h2-3,6-7H,4-5H2,1H3,(H,17,21)(H,18,19,20). The molecular weight excluding hydrogens is 312 g/mol. The van der Waals surface area contributed by atoms with Gasteiger partial charge in [0.15, 0.2) is 5.13 Å². The van der Waals surface area contributed by atoms with Crippen molar-refractivity contribution >= 4 is 28.3 Å². The molecule has 116 valence electrons. The van der Waals surface area contributed by atoms with E-state index in [4.69, 9.17) is 0 Å².